The molecular weight excluding hydrogens is 222 g/mol. The van der Waals surface area contributed by atoms with Crippen LogP contribution >= 0.6 is 0 Å². The van der Waals surface area contributed by atoms with Crippen LogP contribution in [0.1, 0.15) is 23.8 Å². The van der Waals surface area contributed by atoms with E-state index in [1.807, 2.05) is 4.90 Å². The molecule has 92 valence electrons. The number of anilines is 1. The summed E-state index contributed by atoms with van der Waals surface area (Å²) in [5.41, 5.74) is -0.0706. The number of aliphatic hydroxyl groups excluding tert-OH is 1. The van der Waals surface area contributed by atoms with Gasteiger partial charge in [-0.2, -0.15) is 0 Å². The Morgan fingerprint density at radius 3 is 3.00 bits per heavy atom. The Morgan fingerprint density at radius 1 is 1.59 bits per heavy atom. The van der Waals surface area contributed by atoms with Crippen molar-refractivity contribution in [3.8, 4) is 0 Å². The molecule has 2 rings (SSSR count). The number of hydrogen-bond acceptors (Lipinski definition) is 5. The van der Waals surface area contributed by atoms with Crippen LogP contribution in [0.5, 0.6) is 0 Å². The first-order valence-corrected chi connectivity index (χ1v) is 5.56. The van der Waals surface area contributed by atoms with E-state index in [1.54, 1.807) is 0 Å². The zero-order valence-corrected chi connectivity index (χ0v) is 9.58. The molecule has 1 aromatic heterocycles. The van der Waals surface area contributed by atoms with E-state index in [0.717, 1.165) is 13.0 Å². The summed E-state index contributed by atoms with van der Waals surface area (Å²) in [5, 5.41) is 18.2. The Hall–Kier alpha value is -1.69. The number of aromatic carboxylic acids is 1. The van der Waals surface area contributed by atoms with Gasteiger partial charge in [0.1, 0.15) is 5.82 Å². The molecule has 1 aromatic rings. The van der Waals surface area contributed by atoms with Crippen molar-refractivity contribution in [2.24, 2.45) is 5.92 Å². The fourth-order valence-corrected chi connectivity index (χ4v) is 2.17. The molecule has 0 radical (unpaired) electrons. The van der Waals surface area contributed by atoms with Gasteiger partial charge in [0.15, 0.2) is 5.69 Å². The number of aliphatic hydroxyl groups is 1. The molecule has 6 nitrogen and oxygen atoms in total. The number of hydrogen-bond donors (Lipinski definition) is 2. The molecule has 2 N–H and O–H groups in total. The SMILES string of the molecule is CC1CCN(c2cncc(C(=O)O)n2)C1CO. The van der Waals surface area contributed by atoms with Crippen molar-refractivity contribution in [2.45, 2.75) is 19.4 Å². The molecule has 0 saturated carbocycles. The minimum absolute atomic E-state index is 0.00616. The van der Waals surface area contributed by atoms with Crippen molar-refractivity contribution in [3.05, 3.63) is 18.1 Å². The number of rotatable bonds is 3. The first-order valence-electron chi connectivity index (χ1n) is 5.56. The van der Waals surface area contributed by atoms with Crippen molar-refractivity contribution in [3.63, 3.8) is 0 Å². The van der Waals surface area contributed by atoms with Crippen molar-refractivity contribution < 1.29 is 15.0 Å². The van der Waals surface area contributed by atoms with Crippen LogP contribution in [0.25, 0.3) is 0 Å². The number of nitrogens with zero attached hydrogens (tertiary/aromatic N) is 3. The maximum atomic E-state index is 10.8. The molecular formula is C11H15N3O3. The molecule has 2 unspecified atom stereocenters. The normalized spacial score (nSPS) is 24.0. The molecule has 0 amide bonds. The van der Waals surface area contributed by atoms with Gasteiger partial charge in [0, 0.05) is 6.54 Å². The lowest BCUT2D eigenvalue weighted by atomic mass is 10.0. The summed E-state index contributed by atoms with van der Waals surface area (Å²) in [6.07, 6.45) is 3.72. The Labute approximate surface area is 98.9 Å². The maximum absolute atomic E-state index is 10.8. The van der Waals surface area contributed by atoms with Gasteiger partial charge in [-0.05, 0) is 12.3 Å². The van der Waals surface area contributed by atoms with E-state index in [9.17, 15) is 9.90 Å². The standard InChI is InChI=1S/C11H15N3O3/c1-7-2-3-14(9(7)6-15)10-5-12-4-8(13-10)11(16)17/h4-5,7,9,15H,2-3,6H2,1H3,(H,16,17). The molecule has 1 saturated heterocycles. The summed E-state index contributed by atoms with van der Waals surface area (Å²) in [6, 6.07) is -0.00616. The van der Waals surface area contributed by atoms with Gasteiger partial charge in [-0.15, -0.1) is 0 Å². The minimum atomic E-state index is -1.09. The molecule has 1 fully saturated rings. The highest BCUT2D eigenvalue weighted by atomic mass is 16.4. The van der Waals surface area contributed by atoms with Crippen molar-refractivity contribution in [1.29, 1.82) is 0 Å². The van der Waals surface area contributed by atoms with Gasteiger partial charge < -0.3 is 15.1 Å². The average molecular weight is 237 g/mol. The predicted octanol–water partition coefficient (Wildman–Crippen LogP) is 0.382. The van der Waals surface area contributed by atoms with Gasteiger partial charge in [0.05, 0.1) is 25.0 Å². The number of carboxylic acid groups (broad SMARTS) is 1. The van der Waals surface area contributed by atoms with Crippen LogP contribution < -0.4 is 4.90 Å². The quantitative estimate of drug-likeness (QED) is 0.790. The minimum Gasteiger partial charge on any atom is -0.476 e. The van der Waals surface area contributed by atoms with E-state index in [1.165, 1.54) is 12.4 Å². The predicted molar refractivity (Wildman–Crippen MR) is 61.0 cm³/mol. The second-order valence-corrected chi connectivity index (χ2v) is 4.28. The van der Waals surface area contributed by atoms with Crippen LogP contribution in [-0.2, 0) is 0 Å². The van der Waals surface area contributed by atoms with Gasteiger partial charge in [0.2, 0.25) is 0 Å². The molecule has 0 aliphatic carbocycles. The first kappa shape index (κ1) is 11.8. The van der Waals surface area contributed by atoms with Crippen molar-refractivity contribution >= 4 is 11.8 Å². The molecule has 1 aliphatic heterocycles. The Morgan fingerprint density at radius 2 is 2.35 bits per heavy atom. The Kier molecular flexibility index (Phi) is 3.23. The third-order valence-electron chi connectivity index (χ3n) is 3.20. The molecule has 0 bridgehead atoms. The van der Waals surface area contributed by atoms with Crippen LogP contribution in [0.4, 0.5) is 5.82 Å². The monoisotopic (exact) mass is 237 g/mol. The van der Waals surface area contributed by atoms with Crippen LogP contribution in [0.15, 0.2) is 12.4 Å². The Bertz CT molecular complexity index is 424. The van der Waals surface area contributed by atoms with E-state index >= 15 is 0 Å². The summed E-state index contributed by atoms with van der Waals surface area (Å²) >= 11 is 0. The first-order chi connectivity index (χ1) is 8.13. The van der Waals surface area contributed by atoms with Crippen LogP contribution in [-0.4, -0.2) is 45.3 Å². The van der Waals surface area contributed by atoms with Crippen LogP contribution in [0.2, 0.25) is 0 Å². The van der Waals surface area contributed by atoms with E-state index in [-0.39, 0.29) is 18.3 Å². The largest absolute Gasteiger partial charge is 0.476 e. The number of aromatic nitrogens is 2. The van der Waals surface area contributed by atoms with Crippen LogP contribution in [0, 0.1) is 5.92 Å². The van der Waals surface area contributed by atoms with E-state index < -0.39 is 5.97 Å². The van der Waals surface area contributed by atoms with Gasteiger partial charge >= 0.3 is 5.97 Å². The highest BCUT2D eigenvalue weighted by Gasteiger charge is 2.31. The van der Waals surface area contributed by atoms with E-state index in [2.05, 4.69) is 16.9 Å². The number of carbonyl (C=O) groups is 1. The third kappa shape index (κ3) is 2.21. The fraction of sp³-hybridized carbons (Fsp3) is 0.545. The summed E-state index contributed by atoms with van der Waals surface area (Å²) in [7, 11) is 0. The number of carboxylic acids is 1. The zero-order valence-electron chi connectivity index (χ0n) is 9.58. The molecule has 17 heavy (non-hydrogen) atoms. The second kappa shape index (κ2) is 4.67. The third-order valence-corrected chi connectivity index (χ3v) is 3.20. The average Bonchev–Trinajstić information content (AvgIpc) is 2.70. The summed E-state index contributed by atoms with van der Waals surface area (Å²) in [5.74, 6) is -0.198. The topological polar surface area (TPSA) is 86.6 Å². The molecule has 2 atom stereocenters. The lowest BCUT2D eigenvalue weighted by molar-refractivity contribution is 0.0690. The lowest BCUT2D eigenvalue weighted by Crippen LogP contribution is -2.36. The lowest BCUT2D eigenvalue weighted by Gasteiger charge is -2.25. The van der Waals surface area contributed by atoms with Gasteiger partial charge in [0.25, 0.3) is 0 Å². The smallest absolute Gasteiger partial charge is 0.356 e. The van der Waals surface area contributed by atoms with E-state index in [4.69, 9.17) is 5.11 Å². The summed E-state index contributed by atoms with van der Waals surface area (Å²) in [6.45, 7) is 2.87. The molecule has 6 heteroatoms. The van der Waals surface area contributed by atoms with Gasteiger partial charge in [-0.25, -0.2) is 9.78 Å². The fourth-order valence-electron chi connectivity index (χ4n) is 2.17. The summed E-state index contributed by atoms with van der Waals surface area (Å²) < 4.78 is 0. The van der Waals surface area contributed by atoms with Crippen molar-refractivity contribution in [2.75, 3.05) is 18.1 Å². The van der Waals surface area contributed by atoms with E-state index in [0.29, 0.717) is 11.7 Å². The molecule has 0 spiro atoms. The zero-order chi connectivity index (χ0) is 12.4. The highest BCUT2D eigenvalue weighted by Crippen LogP contribution is 2.27. The van der Waals surface area contributed by atoms with Crippen LogP contribution in [0.3, 0.4) is 0 Å². The molecule has 2 heterocycles. The summed E-state index contributed by atoms with van der Waals surface area (Å²) in [4.78, 5) is 20.7. The Balaban J connectivity index is 2.28. The van der Waals surface area contributed by atoms with Crippen molar-refractivity contribution in [1.82, 2.24) is 9.97 Å². The molecule has 1 aliphatic rings. The van der Waals surface area contributed by atoms with Gasteiger partial charge in [-0.3, -0.25) is 4.98 Å². The maximum Gasteiger partial charge on any atom is 0.356 e. The highest BCUT2D eigenvalue weighted by molar-refractivity contribution is 5.85. The second-order valence-electron chi connectivity index (χ2n) is 4.28. The molecule has 0 aromatic carbocycles. The van der Waals surface area contributed by atoms with Gasteiger partial charge in [-0.1, -0.05) is 6.92 Å².